The molecule has 0 spiro atoms. The fraction of sp³-hybridized carbons (Fsp3) is 0.0571. The van der Waals surface area contributed by atoms with Crippen LogP contribution in [0.2, 0.25) is 0 Å². The zero-order valence-corrected chi connectivity index (χ0v) is 25.0. The van der Waals surface area contributed by atoms with E-state index >= 15 is 0 Å². The van der Waals surface area contributed by atoms with Gasteiger partial charge in [0.2, 0.25) is 0 Å². The number of hydrogen-bond donors (Lipinski definition) is 0. The molecule has 0 amide bonds. The zero-order valence-electron chi connectivity index (χ0n) is 23.5. The number of rotatable bonds is 9. The van der Waals surface area contributed by atoms with Gasteiger partial charge in [-0.15, -0.1) is 23.8 Å². The maximum absolute atomic E-state index is 6.38. The van der Waals surface area contributed by atoms with Crippen LogP contribution in [0, 0.1) is 12.1 Å². The second kappa shape index (κ2) is 13.8. The summed E-state index contributed by atoms with van der Waals surface area (Å²) in [6, 6.07) is 40.6. The molecule has 0 bridgehead atoms. The molecule has 0 atom stereocenters. The van der Waals surface area contributed by atoms with Crippen LogP contribution in [0.1, 0.15) is 0 Å². The minimum Gasteiger partial charge on any atom is -0.501 e. The monoisotopic (exact) mass is 655 g/mol. The van der Waals surface area contributed by atoms with Crippen LogP contribution in [0.3, 0.4) is 0 Å². The van der Waals surface area contributed by atoms with E-state index in [4.69, 9.17) is 9.47 Å². The Labute approximate surface area is 265 Å². The summed E-state index contributed by atoms with van der Waals surface area (Å²) < 4.78 is 11.7. The van der Waals surface area contributed by atoms with Crippen LogP contribution in [0.4, 0.5) is 28.6 Å². The molecule has 43 heavy (non-hydrogen) atoms. The molecule has 3 aromatic heterocycles. The Morgan fingerprint density at radius 2 is 1.40 bits per heavy atom. The van der Waals surface area contributed by atoms with Gasteiger partial charge in [-0.1, -0.05) is 66.1 Å². The normalized spacial score (nSPS) is 10.4. The first-order valence-electron chi connectivity index (χ1n) is 13.4. The van der Waals surface area contributed by atoms with E-state index in [1.54, 1.807) is 38.0 Å². The Kier molecular flexibility index (Phi) is 9.43. The van der Waals surface area contributed by atoms with Gasteiger partial charge in [0.25, 0.3) is 0 Å². The van der Waals surface area contributed by atoms with E-state index in [9.17, 15) is 0 Å². The first-order chi connectivity index (χ1) is 20.7. The SMILES string of the molecule is COc1ccnc(-c2[c-]c(Oc3[c-]c(N(C)c4ccccn4)cc(N(c4ccccc4)c4ccccc4)c3)cnc2)c1.[Pd+2]. The molecule has 0 aliphatic rings. The number of methoxy groups -OCH3 is 1. The first-order valence-corrected chi connectivity index (χ1v) is 13.4. The van der Waals surface area contributed by atoms with Gasteiger partial charge in [0.15, 0.2) is 0 Å². The third-order valence-electron chi connectivity index (χ3n) is 6.57. The number of pyridine rings is 3. The average Bonchev–Trinajstić information content (AvgIpc) is 3.06. The van der Waals surface area contributed by atoms with E-state index in [-0.39, 0.29) is 20.4 Å². The van der Waals surface area contributed by atoms with Crippen LogP contribution in [0.5, 0.6) is 17.2 Å². The summed E-state index contributed by atoms with van der Waals surface area (Å²) in [4.78, 5) is 17.5. The molecule has 6 aromatic rings. The summed E-state index contributed by atoms with van der Waals surface area (Å²) in [5.74, 6) is 2.41. The maximum Gasteiger partial charge on any atom is 2.00 e. The van der Waals surface area contributed by atoms with Crippen LogP contribution in [0.15, 0.2) is 128 Å². The van der Waals surface area contributed by atoms with Crippen molar-refractivity contribution in [1.82, 2.24) is 15.0 Å². The molecule has 0 fully saturated rings. The van der Waals surface area contributed by atoms with Gasteiger partial charge in [0.05, 0.1) is 12.9 Å². The topological polar surface area (TPSA) is 63.6 Å². The van der Waals surface area contributed by atoms with Crippen molar-refractivity contribution >= 4 is 28.6 Å². The van der Waals surface area contributed by atoms with Crippen molar-refractivity contribution in [2.45, 2.75) is 0 Å². The van der Waals surface area contributed by atoms with E-state index in [2.05, 4.69) is 62.3 Å². The van der Waals surface area contributed by atoms with Gasteiger partial charge in [-0.2, -0.15) is 0 Å². The number of nitrogens with zero attached hydrogens (tertiary/aromatic N) is 5. The Balaban J connectivity index is 0.00000368. The predicted molar refractivity (Wildman–Crippen MR) is 165 cm³/mol. The number of anilines is 5. The largest absolute Gasteiger partial charge is 2.00 e. The summed E-state index contributed by atoms with van der Waals surface area (Å²) in [7, 11) is 3.58. The second-order valence-corrected chi connectivity index (χ2v) is 9.33. The summed E-state index contributed by atoms with van der Waals surface area (Å²) in [5, 5.41) is 0. The van der Waals surface area contributed by atoms with Crippen molar-refractivity contribution in [3.63, 3.8) is 0 Å². The molecule has 6 rings (SSSR count). The maximum atomic E-state index is 6.38. The van der Waals surface area contributed by atoms with E-state index in [1.807, 2.05) is 78.7 Å². The van der Waals surface area contributed by atoms with E-state index in [1.165, 1.54) is 0 Å². The van der Waals surface area contributed by atoms with E-state index < -0.39 is 0 Å². The van der Waals surface area contributed by atoms with Gasteiger partial charge in [-0.3, -0.25) is 0 Å². The van der Waals surface area contributed by atoms with Crippen molar-refractivity contribution in [3.05, 3.63) is 140 Å². The summed E-state index contributed by atoms with van der Waals surface area (Å²) in [5.41, 5.74) is 5.04. The van der Waals surface area contributed by atoms with Crippen LogP contribution < -0.4 is 19.3 Å². The van der Waals surface area contributed by atoms with Crippen LogP contribution in [-0.2, 0) is 20.4 Å². The Bertz CT molecular complexity index is 1730. The van der Waals surface area contributed by atoms with E-state index in [0.29, 0.717) is 28.5 Å². The molecular formula is C35H27N5O2Pd. The minimum absolute atomic E-state index is 0. The molecule has 214 valence electrons. The Hall–Kier alpha value is -5.03. The Morgan fingerprint density at radius 3 is 2.07 bits per heavy atom. The van der Waals surface area contributed by atoms with Crippen molar-refractivity contribution < 1.29 is 29.9 Å². The van der Waals surface area contributed by atoms with Gasteiger partial charge in [0, 0.05) is 36.6 Å². The smallest absolute Gasteiger partial charge is 0.501 e. The molecule has 0 N–H and O–H groups in total. The number of ether oxygens (including phenoxy) is 2. The molecule has 0 saturated carbocycles. The van der Waals surface area contributed by atoms with Gasteiger partial charge in [0.1, 0.15) is 11.6 Å². The molecular weight excluding hydrogens is 629 g/mol. The molecule has 0 radical (unpaired) electrons. The van der Waals surface area contributed by atoms with Crippen molar-refractivity contribution in [3.8, 4) is 28.5 Å². The van der Waals surface area contributed by atoms with Gasteiger partial charge >= 0.3 is 20.4 Å². The van der Waals surface area contributed by atoms with Gasteiger partial charge in [-0.25, -0.2) is 4.98 Å². The quantitative estimate of drug-likeness (QED) is 0.115. The molecule has 3 aromatic carbocycles. The predicted octanol–water partition coefficient (Wildman–Crippen LogP) is 8.18. The van der Waals surface area contributed by atoms with Crippen LogP contribution in [-0.4, -0.2) is 29.1 Å². The van der Waals surface area contributed by atoms with Gasteiger partial charge in [-0.05, 0) is 60.4 Å². The fourth-order valence-electron chi connectivity index (χ4n) is 4.52. The molecule has 0 aliphatic heterocycles. The molecule has 3 heterocycles. The third kappa shape index (κ3) is 6.90. The summed E-state index contributed by atoms with van der Waals surface area (Å²) in [6.45, 7) is 0. The summed E-state index contributed by atoms with van der Waals surface area (Å²) >= 11 is 0. The van der Waals surface area contributed by atoms with E-state index in [0.717, 1.165) is 28.6 Å². The number of benzene rings is 3. The van der Waals surface area contributed by atoms with Crippen LogP contribution in [0.25, 0.3) is 11.3 Å². The average molecular weight is 656 g/mol. The van der Waals surface area contributed by atoms with Gasteiger partial charge < -0.3 is 29.2 Å². The van der Waals surface area contributed by atoms with Crippen LogP contribution >= 0.6 is 0 Å². The Morgan fingerprint density at radius 1 is 0.674 bits per heavy atom. The van der Waals surface area contributed by atoms with Crippen molar-refractivity contribution in [2.24, 2.45) is 0 Å². The molecule has 0 saturated heterocycles. The number of aromatic nitrogens is 3. The zero-order chi connectivity index (χ0) is 28.7. The standard InChI is InChI=1S/C35H27N5O2.Pd/c1-39(35-15-9-10-17-38-35)29-20-30(40(27-11-5-3-6-12-27)28-13-7-4-8-14-28)22-32(21-29)42-33-19-26(24-36-25-33)34-23-31(41-2)16-18-37-34;/h3-18,20,22-25H,1-2H3;/q-2;+2. The minimum atomic E-state index is 0. The first kappa shape index (κ1) is 29.5. The second-order valence-electron chi connectivity index (χ2n) is 9.33. The van der Waals surface area contributed by atoms with Crippen molar-refractivity contribution in [1.29, 1.82) is 0 Å². The summed E-state index contributed by atoms with van der Waals surface area (Å²) in [6.07, 6.45) is 6.78. The van der Waals surface area contributed by atoms with Crippen molar-refractivity contribution in [2.75, 3.05) is 24.0 Å². The molecule has 0 unspecified atom stereocenters. The number of hydrogen-bond acceptors (Lipinski definition) is 7. The molecule has 7 nitrogen and oxygen atoms in total. The third-order valence-corrected chi connectivity index (χ3v) is 6.57. The number of para-hydroxylation sites is 2. The molecule has 0 aliphatic carbocycles. The molecule has 8 heteroatoms. The fourth-order valence-corrected chi connectivity index (χ4v) is 4.52.